The monoisotopic (exact) mass is 158 g/mol. The second-order valence-electron chi connectivity index (χ2n) is 2.18. The molecule has 0 aliphatic rings. The van der Waals surface area contributed by atoms with Crippen molar-refractivity contribution >= 4 is 5.97 Å². The average molecular weight is 158 g/mol. The fourth-order valence-electron chi connectivity index (χ4n) is 0.461. The zero-order valence-corrected chi connectivity index (χ0v) is 6.96. The minimum absolute atomic E-state index is 0.0577. The van der Waals surface area contributed by atoms with E-state index in [1.54, 1.807) is 19.9 Å². The molecule has 0 bridgehead atoms. The number of hydrogen-bond acceptors (Lipinski definition) is 3. The van der Waals surface area contributed by atoms with Crippen LogP contribution in [-0.2, 0) is 9.53 Å². The van der Waals surface area contributed by atoms with Crippen LogP contribution in [-0.4, -0.2) is 24.3 Å². The van der Waals surface area contributed by atoms with Gasteiger partial charge in [0.25, 0.3) is 0 Å². The van der Waals surface area contributed by atoms with Gasteiger partial charge in [-0.05, 0) is 13.8 Å². The molecule has 1 N–H and O–H groups in total. The number of aliphatic hydroxyl groups is 1. The molecule has 0 amide bonds. The number of hydrogen-bond donors (Lipinski definition) is 1. The number of allylic oxidation sites excluding steroid dienone is 1. The van der Waals surface area contributed by atoms with Gasteiger partial charge in [-0.2, -0.15) is 0 Å². The maximum atomic E-state index is 10.9. The average Bonchev–Trinajstić information content (AvgIpc) is 2.03. The first-order valence-electron chi connectivity index (χ1n) is 3.63. The summed E-state index contributed by atoms with van der Waals surface area (Å²) in [6, 6.07) is 0. The summed E-state index contributed by atoms with van der Waals surface area (Å²) in [4.78, 5) is 10.9. The largest absolute Gasteiger partial charge is 0.462 e. The molecule has 0 spiro atoms. The molecule has 0 aliphatic heterocycles. The number of aliphatic hydroxyl groups excluding tert-OH is 1. The van der Waals surface area contributed by atoms with Crippen molar-refractivity contribution in [1.29, 1.82) is 0 Å². The zero-order valence-electron chi connectivity index (χ0n) is 6.96. The van der Waals surface area contributed by atoms with Crippen molar-refractivity contribution in [3.05, 3.63) is 11.6 Å². The molecule has 64 valence electrons. The van der Waals surface area contributed by atoms with Crippen LogP contribution >= 0.6 is 0 Å². The topological polar surface area (TPSA) is 46.5 Å². The fourth-order valence-corrected chi connectivity index (χ4v) is 0.461. The van der Waals surface area contributed by atoms with E-state index in [0.29, 0.717) is 18.6 Å². The second-order valence-corrected chi connectivity index (χ2v) is 2.18. The van der Waals surface area contributed by atoms with Gasteiger partial charge in [-0.15, -0.1) is 0 Å². The van der Waals surface area contributed by atoms with Gasteiger partial charge in [0.05, 0.1) is 6.61 Å². The van der Waals surface area contributed by atoms with Gasteiger partial charge in [0.2, 0.25) is 0 Å². The summed E-state index contributed by atoms with van der Waals surface area (Å²) in [6.07, 6.45) is 2.20. The quantitative estimate of drug-likeness (QED) is 0.375. The van der Waals surface area contributed by atoms with E-state index < -0.39 is 0 Å². The Balaban J connectivity index is 3.53. The highest BCUT2D eigenvalue weighted by Gasteiger charge is 2.02. The summed E-state index contributed by atoms with van der Waals surface area (Å²) >= 11 is 0. The Morgan fingerprint density at radius 1 is 1.64 bits per heavy atom. The van der Waals surface area contributed by atoms with Crippen molar-refractivity contribution in [2.75, 3.05) is 13.2 Å². The Morgan fingerprint density at radius 3 is 2.73 bits per heavy atom. The van der Waals surface area contributed by atoms with Gasteiger partial charge in [0, 0.05) is 18.6 Å². The number of rotatable bonds is 4. The van der Waals surface area contributed by atoms with E-state index in [0.717, 1.165) is 0 Å². The first kappa shape index (κ1) is 10.2. The van der Waals surface area contributed by atoms with Crippen LogP contribution in [0.25, 0.3) is 0 Å². The third-order valence-corrected chi connectivity index (χ3v) is 1.29. The molecule has 0 radical (unpaired) electrons. The Labute approximate surface area is 66.7 Å². The molecule has 0 aromatic carbocycles. The number of carbonyl (C=O) groups excluding carboxylic acids is 1. The molecule has 0 heterocycles. The van der Waals surface area contributed by atoms with E-state index in [4.69, 9.17) is 9.84 Å². The van der Waals surface area contributed by atoms with Gasteiger partial charge in [-0.3, -0.25) is 0 Å². The summed E-state index contributed by atoms with van der Waals surface area (Å²) < 4.78 is 4.77. The van der Waals surface area contributed by atoms with Crippen molar-refractivity contribution in [1.82, 2.24) is 0 Å². The van der Waals surface area contributed by atoms with Crippen LogP contribution in [0.4, 0.5) is 0 Å². The van der Waals surface area contributed by atoms with Gasteiger partial charge >= 0.3 is 5.97 Å². The van der Waals surface area contributed by atoms with Crippen molar-refractivity contribution in [3.8, 4) is 0 Å². The van der Waals surface area contributed by atoms with Gasteiger partial charge in [0.1, 0.15) is 0 Å². The van der Waals surface area contributed by atoms with E-state index in [1.165, 1.54) is 0 Å². The first-order valence-corrected chi connectivity index (χ1v) is 3.63. The molecular weight excluding hydrogens is 144 g/mol. The minimum atomic E-state index is -0.305. The molecule has 0 aliphatic carbocycles. The van der Waals surface area contributed by atoms with E-state index in [9.17, 15) is 4.79 Å². The van der Waals surface area contributed by atoms with Crippen LogP contribution < -0.4 is 0 Å². The van der Waals surface area contributed by atoms with E-state index in [1.807, 2.05) is 0 Å². The zero-order chi connectivity index (χ0) is 8.69. The number of ether oxygens (including phenoxy) is 1. The first-order chi connectivity index (χ1) is 5.22. The lowest BCUT2D eigenvalue weighted by molar-refractivity contribution is -0.139. The van der Waals surface area contributed by atoms with E-state index in [2.05, 4.69) is 0 Å². The third-order valence-electron chi connectivity index (χ3n) is 1.29. The molecule has 0 saturated heterocycles. The standard InChI is InChI=1S/C8H14O3/c1-3-7(2)8(10)11-6-4-5-9/h3,9H,4-6H2,1-2H3/b7-3+. The molecule has 0 rings (SSSR count). The summed E-state index contributed by atoms with van der Waals surface area (Å²) in [6.45, 7) is 3.83. The fraction of sp³-hybridized carbons (Fsp3) is 0.625. The molecule has 3 heteroatoms. The predicted octanol–water partition coefficient (Wildman–Crippen LogP) is 0.878. The van der Waals surface area contributed by atoms with Crippen LogP contribution in [0.5, 0.6) is 0 Å². The summed E-state index contributed by atoms with van der Waals surface area (Å²) in [7, 11) is 0. The Morgan fingerprint density at radius 2 is 2.27 bits per heavy atom. The van der Waals surface area contributed by atoms with Crippen molar-refractivity contribution in [2.45, 2.75) is 20.3 Å². The lowest BCUT2D eigenvalue weighted by Crippen LogP contribution is -2.07. The van der Waals surface area contributed by atoms with Crippen molar-refractivity contribution in [2.24, 2.45) is 0 Å². The van der Waals surface area contributed by atoms with Crippen LogP contribution in [0, 0.1) is 0 Å². The second kappa shape index (κ2) is 5.92. The number of carbonyl (C=O) groups is 1. The van der Waals surface area contributed by atoms with Crippen molar-refractivity contribution < 1.29 is 14.6 Å². The molecule has 11 heavy (non-hydrogen) atoms. The third kappa shape index (κ3) is 4.56. The normalized spacial score (nSPS) is 11.4. The molecule has 0 unspecified atom stereocenters. The molecule has 0 fully saturated rings. The highest BCUT2D eigenvalue weighted by molar-refractivity contribution is 5.87. The lowest BCUT2D eigenvalue weighted by Gasteiger charge is -2.01. The lowest BCUT2D eigenvalue weighted by atomic mass is 10.3. The molecule has 3 nitrogen and oxygen atoms in total. The Bertz CT molecular complexity index is 149. The SMILES string of the molecule is C/C=C(\C)C(=O)OCCCO. The van der Waals surface area contributed by atoms with E-state index >= 15 is 0 Å². The van der Waals surface area contributed by atoms with Gasteiger partial charge in [-0.25, -0.2) is 4.79 Å². The molecule has 0 aromatic rings. The summed E-state index contributed by atoms with van der Waals surface area (Å²) in [5.41, 5.74) is 0.600. The summed E-state index contributed by atoms with van der Waals surface area (Å²) in [5.74, 6) is -0.305. The van der Waals surface area contributed by atoms with Gasteiger partial charge in [0.15, 0.2) is 0 Å². The maximum absolute atomic E-state index is 10.9. The number of esters is 1. The maximum Gasteiger partial charge on any atom is 0.333 e. The van der Waals surface area contributed by atoms with Crippen molar-refractivity contribution in [3.63, 3.8) is 0 Å². The van der Waals surface area contributed by atoms with Gasteiger partial charge < -0.3 is 9.84 Å². The molecule has 0 saturated carbocycles. The predicted molar refractivity (Wildman–Crippen MR) is 42.1 cm³/mol. The molecule has 0 aromatic heterocycles. The van der Waals surface area contributed by atoms with Crippen LogP contribution in [0.15, 0.2) is 11.6 Å². The smallest absolute Gasteiger partial charge is 0.333 e. The van der Waals surface area contributed by atoms with E-state index in [-0.39, 0.29) is 12.6 Å². The molecular formula is C8H14O3. The Kier molecular flexibility index (Phi) is 5.47. The van der Waals surface area contributed by atoms with Crippen LogP contribution in [0.1, 0.15) is 20.3 Å². The minimum Gasteiger partial charge on any atom is -0.462 e. The van der Waals surface area contributed by atoms with Crippen LogP contribution in [0.2, 0.25) is 0 Å². The highest BCUT2D eigenvalue weighted by atomic mass is 16.5. The Hall–Kier alpha value is -0.830. The van der Waals surface area contributed by atoms with Gasteiger partial charge in [-0.1, -0.05) is 6.08 Å². The van der Waals surface area contributed by atoms with Crippen LogP contribution in [0.3, 0.4) is 0 Å². The summed E-state index contributed by atoms with van der Waals surface area (Å²) in [5, 5.41) is 8.37. The molecule has 0 atom stereocenters. The highest BCUT2D eigenvalue weighted by Crippen LogP contribution is 1.95.